The van der Waals surface area contributed by atoms with Gasteiger partial charge in [-0.25, -0.2) is 8.42 Å². The van der Waals surface area contributed by atoms with Crippen LogP contribution >= 0.6 is 0 Å². The molecule has 0 radical (unpaired) electrons. The molecule has 0 saturated heterocycles. The van der Waals surface area contributed by atoms with Crippen LogP contribution in [0, 0.1) is 6.92 Å². The van der Waals surface area contributed by atoms with Crippen molar-refractivity contribution >= 4 is 27.5 Å². The molecule has 0 bridgehead atoms. The second-order valence-electron chi connectivity index (χ2n) is 10.9. The highest BCUT2D eigenvalue weighted by Crippen LogP contribution is 2.26. The van der Waals surface area contributed by atoms with Crippen molar-refractivity contribution in [2.75, 3.05) is 17.5 Å². The van der Waals surface area contributed by atoms with Gasteiger partial charge in [0.25, 0.3) is 10.0 Å². The van der Waals surface area contributed by atoms with Gasteiger partial charge in [-0.2, -0.15) is 0 Å². The van der Waals surface area contributed by atoms with Gasteiger partial charge < -0.3 is 15.0 Å². The molecule has 0 fully saturated rings. The number of amides is 2. The zero-order chi connectivity index (χ0) is 30.2. The first-order valence-electron chi connectivity index (χ1n) is 13.8. The second-order valence-corrected chi connectivity index (χ2v) is 12.8. The number of hydrogen-bond donors (Lipinski definition) is 1. The van der Waals surface area contributed by atoms with E-state index in [0.717, 1.165) is 15.4 Å². The highest BCUT2D eigenvalue weighted by molar-refractivity contribution is 7.92. The summed E-state index contributed by atoms with van der Waals surface area (Å²) in [7, 11) is -4.14. The first-order chi connectivity index (χ1) is 19.4. The minimum absolute atomic E-state index is 0.0280. The van der Waals surface area contributed by atoms with Gasteiger partial charge in [0.2, 0.25) is 11.8 Å². The highest BCUT2D eigenvalue weighted by Gasteiger charge is 2.34. The van der Waals surface area contributed by atoms with Gasteiger partial charge >= 0.3 is 0 Å². The van der Waals surface area contributed by atoms with Crippen molar-refractivity contribution < 1.29 is 22.7 Å². The first kappa shape index (κ1) is 31.7. The normalized spacial score (nSPS) is 12.3. The molecule has 0 aromatic heterocycles. The van der Waals surface area contributed by atoms with Crippen LogP contribution in [0.4, 0.5) is 5.69 Å². The minimum Gasteiger partial charge on any atom is -0.494 e. The Morgan fingerprint density at radius 1 is 0.902 bits per heavy atom. The van der Waals surface area contributed by atoms with Crippen molar-refractivity contribution in [1.82, 2.24) is 10.2 Å². The maximum absolute atomic E-state index is 14.1. The molecule has 0 saturated carbocycles. The number of nitrogens with zero attached hydrogens (tertiary/aromatic N) is 2. The Labute approximate surface area is 244 Å². The summed E-state index contributed by atoms with van der Waals surface area (Å²) in [6, 6.07) is 21.5. The Kier molecular flexibility index (Phi) is 10.6. The third-order valence-electron chi connectivity index (χ3n) is 6.40. The largest absolute Gasteiger partial charge is 0.494 e. The number of nitrogens with one attached hydrogen (secondary N) is 1. The fraction of sp³-hybridized carbons (Fsp3) is 0.375. The Bertz CT molecular complexity index is 1400. The van der Waals surface area contributed by atoms with Crippen LogP contribution in [0.2, 0.25) is 0 Å². The molecular weight excluding hydrogens is 538 g/mol. The molecule has 3 aromatic carbocycles. The number of sulfonamides is 1. The van der Waals surface area contributed by atoms with Gasteiger partial charge in [-0.1, -0.05) is 55.0 Å². The second kappa shape index (κ2) is 13.7. The van der Waals surface area contributed by atoms with E-state index in [4.69, 9.17) is 4.74 Å². The zero-order valence-corrected chi connectivity index (χ0v) is 25.6. The fourth-order valence-corrected chi connectivity index (χ4v) is 5.80. The van der Waals surface area contributed by atoms with Gasteiger partial charge in [0.1, 0.15) is 18.3 Å². The SMILES string of the molecule is CCOc1ccc(S(=O)(=O)N(CC(=O)N(Cc2ccc(C)cc2)[C@@H](CC)C(=O)NC(C)(C)C)c2ccccc2)cc1. The van der Waals surface area contributed by atoms with Crippen molar-refractivity contribution in [3.8, 4) is 5.75 Å². The van der Waals surface area contributed by atoms with Gasteiger partial charge in [-0.05, 0) is 83.0 Å². The van der Waals surface area contributed by atoms with E-state index in [9.17, 15) is 18.0 Å². The molecule has 41 heavy (non-hydrogen) atoms. The van der Waals surface area contributed by atoms with Crippen molar-refractivity contribution in [2.24, 2.45) is 0 Å². The van der Waals surface area contributed by atoms with Crippen molar-refractivity contribution in [1.29, 1.82) is 0 Å². The lowest BCUT2D eigenvalue weighted by atomic mass is 10.1. The fourth-order valence-electron chi connectivity index (χ4n) is 4.39. The van der Waals surface area contributed by atoms with E-state index in [0.29, 0.717) is 24.5 Å². The number of hydrogen-bond acceptors (Lipinski definition) is 5. The maximum Gasteiger partial charge on any atom is 0.264 e. The lowest BCUT2D eigenvalue weighted by molar-refractivity contribution is -0.141. The number of carbonyl (C=O) groups excluding carboxylic acids is 2. The summed E-state index contributed by atoms with van der Waals surface area (Å²) in [6.07, 6.45) is 0.358. The van der Waals surface area contributed by atoms with Crippen molar-refractivity contribution in [2.45, 2.75) is 71.0 Å². The van der Waals surface area contributed by atoms with E-state index in [1.807, 2.05) is 65.8 Å². The van der Waals surface area contributed by atoms with E-state index in [1.165, 1.54) is 17.0 Å². The van der Waals surface area contributed by atoms with Gasteiger partial charge in [-0.3, -0.25) is 13.9 Å². The van der Waals surface area contributed by atoms with Crippen LogP contribution in [-0.2, 0) is 26.2 Å². The van der Waals surface area contributed by atoms with E-state index >= 15 is 0 Å². The number of anilines is 1. The Balaban J connectivity index is 2.03. The smallest absolute Gasteiger partial charge is 0.264 e. The molecule has 3 aromatic rings. The number of para-hydroxylation sites is 1. The van der Waals surface area contributed by atoms with Crippen molar-refractivity contribution in [3.05, 3.63) is 90.0 Å². The van der Waals surface area contributed by atoms with Crippen LogP contribution in [0.1, 0.15) is 52.2 Å². The quantitative estimate of drug-likeness (QED) is 0.314. The van der Waals surface area contributed by atoms with E-state index < -0.39 is 34.1 Å². The highest BCUT2D eigenvalue weighted by atomic mass is 32.2. The number of ether oxygens (including phenoxy) is 1. The van der Waals surface area contributed by atoms with E-state index in [-0.39, 0.29) is 17.3 Å². The molecule has 0 spiro atoms. The Hall–Kier alpha value is -3.85. The molecule has 1 atom stereocenters. The summed E-state index contributed by atoms with van der Waals surface area (Å²) in [4.78, 5) is 29.0. The first-order valence-corrected chi connectivity index (χ1v) is 15.3. The zero-order valence-electron chi connectivity index (χ0n) is 24.8. The summed E-state index contributed by atoms with van der Waals surface area (Å²) in [5.74, 6) is -0.227. The average Bonchev–Trinajstić information content (AvgIpc) is 2.92. The van der Waals surface area contributed by atoms with E-state index in [1.54, 1.807) is 42.5 Å². The lowest BCUT2D eigenvalue weighted by Crippen LogP contribution is -2.55. The van der Waals surface area contributed by atoms with Crippen LogP contribution in [0.25, 0.3) is 0 Å². The van der Waals surface area contributed by atoms with E-state index in [2.05, 4.69) is 5.32 Å². The number of rotatable bonds is 12. The predicted molar refractivity (Wildman–Crippen MR) is 162 cm³/mol. The van der Waals surface area contributed by atoms with Crippen molar-refractivity contribution in [3.63, 3.8) is 0 Å². The molecule has 1 N–H and O–H groups in total. The molecule has 220 valence electrons. The lowest BCUT2D eigenvalue weighted by Gasteiger charge is -2.34. The van der Waals surface area contributed by atoms with Gasteiger partial charge in [0.15, 0.2) is 0 Å². The van der Waals surface area contributed by atoms with Gasteiger partial charge in [0, 0.05) is 12.1 Å². The summed E-state index contributed by atoms with van der Waals surface area (Å²) >= 11 is 0. The maximum atomic E-state index is 14.1. The minimum atomic E-state index is -4.14. The number of benzene rings is 3. The predicted octanol–water partition coefficient (Wildman–Crippen LogP) is 5.31. The number of aryl methyl sites for hydroxylation is 1. The molecule has 3 rings (SSSR count). The molecule has 0 heterocycles. The third-order valence-corrected chi connectivity index (χ3v) is 8.19. The standard InChI is InChI=1S/C32H41N3O5S/c1-7-29(31(37)33-32(4,5)6)34(22-25-16-14-24(3)15-17-25)30(36)23-35(26-12-10-9-11-13-26)41(38,39)28-20-18-27(19-21-28)40-8-2/h9-21,29H,7-8,22-23H2,1-6H3,(H,33,37)/t29-/m0/s1. The summed E-state index contributed by atoms with van der Waals surface area (Å²) in [6.45, 7) is 11.4. The van der Waals surface area contributed by atoms with Gasteiger partial charge in [0.05, 0.1) is 17.2 Å². The molecule has 0 aliphatic rings. The Morgan fingerprint density at radius 3 is 2.05 bits per heavy atom. The molecule has 8 nitrogen and oxygen atoms in total. The van der Waals surface area contributed by atoms with Crippen LogP contribution in [0.15, 0.2) is 83.8 Å². The van der Waals surface area contributed by atoms with Crippen LogP contribution in [-0.4, -0.2) is 49.9 Å². The van der Waals surface area contributed by atoms with Gasteiger partial charge in [-0.15, -0.1) is 0 Å². The van der Waals surface area contributed by atoms with Crippen LogP contribution < -0.4 is 14.4 Å². The molecule has 0 aliphatic carbocycles. The number of carbonyl (C=O) groups is 2. The van der Waals surface area contributed by atoms with Crippen LogP contribution in [0.5, 0.6) is 5.75 Å². The molecule has 9 heteroatoms. The molecule has 0 unspecified atom stereocenters. The summed E-state index contributed by atoms with van der Waals surface area (Å²) in [5.41, 5.74) is 1.75. The summed E-state index contributed by atoms with van der Waals surface area (Å²) < 4.78 is 34.5. The average molecular weight is 580 g/mol. The molecular formula is C32H41N3O5S. The Morgan fingerprint density at radius 2 is 1.51 bits per heavy atom. The molecule has 0 aliphatic heterocycles. The van der Waals surface area contributed by atoms with Crippen LogP contribution in [0.3, 0.4) is 0 Å². The topological polar surface area (TPSA) is 96.0 Å². The third kappa shape index (κ3) is 8.57. The molecule has 2 amide bonds. The summed E-state index contributed by atoms with van der Waals surface area (Å²) in [5, 5.41) is 2.98. The monoisotopic (exact) mass is 579 g/mol.